The van der Waals surface area contributed by atoms with Gasteiger partial charge in [-0.3, -0.25) is 0 Å². The molecular weight excluding hydrogens is 144 g/mol. The summed E-state index contributed by atoms with van der Waals surface area (Å²) < 4.78 is 0. The van der Waals surface area contributed by atoms with Crippen LogP contribution in [0.1, 0.15) is 0 Å². The molecular formula is C3H4N2O3S. The number of hydrogen-bond donors (Lipinski definition) is 0. The van der Waals surface area contributed by atoms with Gasteiger partial charge < -0.3 is 4.84 Å². The molecule has 0 aliphatic heterocycles. The van der Waals surface area contributed by atoms with Crippen LogP contribution in [0.2, 0.25) is 0 Å². The molecule has 0 rings (SSSR count). The Morgan fingerprint density at radius 1 is 1.89 bits per heavy atom. The summed E-state index contributed by atoms with van der Waals surface area (Å²) in [5.41, 5.74) is 0. The van der Waals surface area contributed by atoms with Gasteiger partial charge in [-0.15, -0.1) is 10.1 Å². The van der Waals surface area contributed by atoms with E-state index in [4.69, 9.17) is 5.26 Å². The van der Waals surface area contributed by atoms with Gasteiger partial charge in [0.25, 0.3) is 5.09 Å². The molecule has 0 unspecified atom stereocenters. The third-order valence-corrected chi connectivity index (χ3v) is 0.947. The molecule has 0 aliphatic rings. The van der Waals surface area contributed by atoms with Gasteiger partial charge in [0.1, 0.15) is 12.0 Å². The molecule has 5 nitrogen and oxygen atoms in total. The van der Waals surface area contributed by atoms with Gasteiger partial charge in [0.2, 0.25) is 0 Å². The van der Waals surface area contributed by atoms with E-state index in [1.165, 1.54) is 0 Å². The molecule has 0 radical (unpaired) electrons. The minimum Gasteiger partial charge on any atom is -0.313 e. The fourth-order valence-electron chi connectivity index (χ4n) is 0.199. The van der Waals surface area contributed by atoms with Crippen molar-refractivity contribution in [3.8, 4) is 5.40 Å². The van der Waals surface area contributed by atoms with Crippen molar-refractivity contribution in [2.75, 3.05) is 12.4 Å². The summed E-state index contributed by atoms with van der Waals surface area (Å²) in [6.07, 6.45) is 0. The number of nitrogens with zero attached hydrogens (tertiary/aromatic N) is 2. The van der Waals surface area contributed by atoms with E-state index in [1.54, 1.807) is 5.40 Å². The zero-order chi connectivity index (χ0) is 7.11. The van der Waals surface area contributed by atoms with E-state index in [0.29, 0.717) is 5.75 Å². The van der Waals surface area contributed by atoms with Crippen molar-refractivity contribution >= 4 is 11.8 Å². The molecule has 0 spiro atoms. The fraction of sp³-hybridized carbons (Fsp3) is 0.667. The van der Waals surface area contributed by atoms with Crippen molar-refractivity contribution in [1.82, 2.24) is 0 Å². The molecule has 0 fully saturated rings. The summed E-state index contributed by atoms with van der Waals surface area (Å²) in [5, 5.41) is 18.3. The second-order valence-electron chi connectivity index (χ2n) is 0.997. The van der Waals surface area contributed by atoms with Gasteiger partial charge in [-0.25, -0.2) is 0 Å². The number of hydrogen-bond acceptors (Lipinski definition) is 5. The van der Waals surface area contributed by atoms with Crippen molar-refractivity contribution in [3.63, 3.8) is 0 Å². The zero-order valence-corrected chi connectivity index (χ0v) is 5.26. The Hall–Kier alpha value is -0.960. The summed E-state index contributed by atoms with van der Waals surface area (Å²) in [7, 11) is 0. The summed E-state index contributed by atoms with van der Waals surface area (Å²) in [6.45, 7) is -0.0226. The number of thioether (sulfide) groups is 1. The SMILES string of the molecule is N#CSCCO[N+](=O)[O-]. The average molecular weight is 148 g/mol. The quantitative estimate of drug-likeness (QED) is 0.250. The van der Waals surface area contributed by atoms with E-state index in [1.807, 2.05) is 0 Å². The minimum atomic E-state index is -0.877. The average Bonchev–Trinajstić information content (AvgIpc) is 1.80. The van der Waals surface area contributed by atoms with E-state index in [0.717, 1.165) is 11.8 Å². The van der Waals surface area contributed by atoms with Crippen LogP contribution in [0.4, 0.5) is 0 Å². The third kappa shape index (κ3) is 7.04. The van der Waals surface area contributed by atoms with Crippen LogP contribution in [0.25, 0.3) is 0 Å². The second-order valence-corrected chi connectivity index (χ2v) is 1.88. The molecule has 0 heterocycles. The second kappa shape index (κ2) is 5.18. The van der Waals surface area contributed by atoms with Crippen molar-refractivity contribution in [1.29, 1.82) is 5.26 Å². The summed E-state index contributed by atoms with van der Waals surface area (Å²) in [4.78, 5) is 13.3. The smallest absolute Gasteiger partial charge is 0.294 e. The number of rotatable bonds is 4. The molecule has 0 amide bonds. The molecule has 0 aliphatic carbocycles. The Kier molecular flexibility index (Phi) is 4.63. The molecule has 0 saturated heterocycles. The molecule has 6 heteroatoms. The van der Waals surface area contributed by atoms with Crippen LogP contribution in [-0.2, 0) is 4.84 Å². The van der Waals surface area contributed by atoms with Gasteiger partial charge in [-0.2, -0.15) is 5.26 Å². The maximum Gasteiger partial charge on any atom is 0.294 e. The van der Waals surface area contributed by atoms with Gasteiger partial charge in [-0.05, 0) is 11.8 Å². The van der Waals surface area contributed by atoms with Crippen molar-refractivity contribution in [2.24, 2.45) is 0 Å². The maximum atomic E-state index is 9.45. The van der Waals surface area contributed by atoms with Crippen molar-refractivity contribution in [3.05, 3.63) is 10.1 Å². The van der Waals surface area contributed by atoms with Gasteiger partial charge in [0.15, 0.2) is 0 Å². The Morgan fingerprint density at radius 3 is 3.00 bits per heavy atom. The lowest BCUT2D eigenvalue weighted by Crippen LogP contribution is -2.03. The van der Waals surface area contributed by atoms with Crippen LogP contribution in [0.5, 0.6) is 0 Å². The number of thiocyanates is 1. The third-order valence-electron chi connectivity index (χ3n) is 0.447. The Morgan fingerprint density at radius 2 is 2.56 bits per heavy atom. The highest BCUT2D eigenvalue weighted by atomic mass is 32.2. The summed E-state index contributed by atoms with van der Waals surface area (Å²) in [5.74, 6) is 0.331. The Labute approximate surface area is 55.7 Å². The molecule has 0 N–H and O–H groups in total. The monoisotopic (exact) mass is 148 g/mol. The van der Waals surface area contributed by atoms with Crippen LogP contribution in [-0.4, -0.2) is 17.4 Å². The van der Waals surface area contributed by atoms with Gasteiger partial charge in [0.05, 0.1) is 0 Å². The molecule has 9 heavy (non-hydrogen) atoms. The zero-order valence-electron chi connectivity index (χ0n) is 4.44. The predicted molar refractivity (Wildman–Crippen MR) is 31.0 cm³/mol. The van der Waals surface area contributed by atoms with Crippen LogP contribution >= 0.6 is 11.8 Å². The van der Waals surface area contributed by atoms with Crippen LogP contribution < -0.4 is 0 Å². The maximum absolute atomic E-state index is 9.45. The number of nitriles is 1. The lowest BCUT2D eigenvalue weighted by atomic mass is 10.9. The first kappa shape index (κ1) is 8.04. The molecule has 0 atom stereocenters. The minimum absolute atomic E-state index is 0.0226. The Bertz CT molecular complexity index is 132. The highest BCUT2D eigenvalue weighted by Crippen LogP contribution is 1.93. The van der Waals surface area contributed by atoms with Crippen LogP contribution in [0.15, 0.2) is 0 Å². The molecule has 0 aromatic heterocycles. The fourth-order valence-corrected chi connectivity index (χ4v) is 0.448. The highest BCUT2D eigenvalue weighted by Gasteiger charge is 1.92. The lowest BCUT2D eigenvalue weighted by molar-refractivity contribution is -0.756. The van der Waals surface area contributed by atoms with Gasteiger partial charge in [0, 0.05) is 5.75 Å². The van der Waals surface area contributed by atoms with Gasteiger partial charge >= 0.3 is 0 Å². The molecule has 50 valence electrons. The standard InChI is InChI=1S/C3H4N2O3S/c4-3-9-2-1-8-5(6)7/h1-2H2. The molecule has 0 saturated carbocycles. The predicted octanol–water partition coefficient (Wildman–Crippen LogP) is 0.409. The summed E-state index contributed by atoms with van der Waals surface area (Å²) >= 11 is 0.926. The molecule has 0 aromatic carbocycles. The van der Waals surface area contributed by atoms with E-state index in [2.05, 4.69) is 4.84 Å². The molecule has 0 bridgehead atoms. The van der Waals surface area contributed by atoms with Gasteiger partial charge in [-0.1, -0.05) is 0 Å². The van der Waals surface area contributed by atoms with Crippen molar-refractivity contribution < 1.29 is 9.92 Å². The largest absolute Gasteiger partial charge is 0.313 e. The Balaban J connectivity index is 2.94. The highest BCUT2D eigenvalue weighted by molar-refractivity contribution is 8.03. The van der Waals surface area contributed by atoms with Crippen LogP contribution in [0, 0.1) is 20.8 Å². The van der Waals surface area contributed by atoms with Crippen LogP contribution in [0.3, 0.4) is 0 Å². The van der Waals surface area contributed by atoms with E-state index >= 15 is 0 Å². The van der Waals surface area contributed by atoms with E-state index in [-0.39, 0.29) is 6.61 Å². The first-order valence-electron chi connectivity index (χ1n) is 2.05. The first-order valence-corrected chi connectivity index (χ1v) is 3.04. The van der Waals surface area contributed by atoms with E-state index in [9.17, 15) is 10.1 Å². The first-order chi connectivity index (χ1) is 4.27. The summed E-state index contributed by atoms with van der Waals surface area (Å²) in [6, 6.07) is 0. The van der Waals surface area contributed by atoms with Crippen molar-refractivity contribution in [2.45, 2.75) is 0 Å². The topological polar surface area (TPSA) is 76.2 Å². The normalized spacial score (nSPS) is 7.89. The lowest BCUT2D eigenvalue weighted by Gasteiger charge is -1.90. The molecule has 0 aromatic rings. The van der Waals surface area contributed by atoms with E-state index < -0.39 is 5.09 Å².